The number of halogens is 12. The zero-order valence-electron chi connectivity index (χ0n) is 50.8. The first-order chi connectivity index (χ1) is 44.5. The highest BCUT2D eigenvalue weighted by Gasteiger charge is 2.47. The molecule has 3 atom stereocenters. The van der Waals surface area contributed by atoms with Crippen LogP contribution in [0.5, 0.6) is 0 Å². The molecule has 1 amide bonds. The van der Waals surface area contributed by atoms with Gasteiger partial charge >= 0.3 is 0 Å². The summed E-state index contributed by atoms with van der Waals surface area (Å²) in [5, 5.41) is 0.139. The Morgan fingerprint density at radius 1 is 0.421 bits per heavy atom. The van der Waals surface area contributed by atoms with Crippen LogP contribution >= 0.6 is 34.8 Å². The third kappa shape index (κ3) is 15.1. The van der Waals surface area contributed by atoms with E-state index in [1.807, 2.05) is 0 Å². The van der Waals surface area contributed by atoms with Crippen molar-refractivity contribution in [1.82, 2.24) is 5.48 Å². The molecule has 0 bridgehead atoms. The molecule has 0 radical (unpaired) electrons. The zero-order chi connectivity index (χ0) is 69.4. The summed E-state index contributed by atoms with van der Waals surface area (Å²) in [6.07, 6.45) is -2.32. The van der Waals surface area contributed by atoms with Crippen molar-refractivity contribution in [1.29, 1.82) is 0 Å². The quantitative estimate of drug-likeness (QED) is 0.0520. The molecule has 3 unspecified atom stereocenters. The van der Waals surface area contributed by atoms with E-state index < -0.39 is 190 Å². The minimum absolute atomic E-state index is 0.0393. The molecule has 0 fully saturated rings. The number of carbonyl (C=O) groups is 1. The van der Waals surface area contributed by atoms with E-state index in [0.29, 0.717) is 67.5 Å². The number of hydrogen-bond donors (Lipinski definition) is 1. The second-order valence-electron chi connectivity index (χ2n) is 23.1. The van der Waals surface area contributed by atoms with Crippen LogP contribution in [0.15, 0.2) is 197 Å². The number of benzene rings is 9. The van der Waals surface area contributed by atoms with Gasteiger partial charge in [0.1, 0.15) is 52.4 Å². The van der Waals surface area contributed by atoms with Gasteiger partial charge < -0.3 is 0 Å². The molecule has 0 aromatic heterocycles. The van der Waals surface area contributed by atoms with Crippen LogP contribution in [0.1, 0.15) is 99.5 Å². The summed E-state index contributed by atoms with van der Waals surface area (Å²) in [5.74, 6) is -12.2. The normalized spacial score (nSPS) is 13.7. The first-order valence-electron chi connectivity index (χ1n) is 28.6. The SMILES string of the molecule is CC(c1ccc(F)cc1CC(CC(=O)NOC(C)(C)C)(c1cc(F)ccc1C(C)N(c1cc(F)ccc1F)S(=O)(=O)c1ccc(Cl)cc1)c1cc(F)ccc1C(C)N(c1cc(F)ccc1F)S(=O)(=O)c1ccc(Cl)cc1)N(c1cc(F)ccc1F)S(=O)(=O)c1ccc(Cl)cc1. The first kappa shape index (κ1) is 71.2. The summed E-state index contributed by atoms with van der Waals surface area (Å²) in [6.45, 7) is 8.00. The predicted molar refractivity (Wildman–Crippen MR) is 345 cm³/mol. The maximum Gasteiger partial charge on any atom is 0.264 e. The number of amides is 1. The molecule has 9 aromatic carbocycles. The Kier molecular flexibility index (Phi) is 20.9. The van der Waals surface area contributed by atoms with Gasteiger partial charge in [-0.3, -0.25) is 22.5 Å². The molecule has 12 nitrogen and oxygen atoms in total. The third-order valence-corrected chi connectivity index (χ3v) is 22.0. The van der Waals surface area contributed by atoms with E-state index in [0.717, 1.165) is 105 Å². The monoisotopic (exact) mass is 1430 g/mol. The average Bonchev–Trinajstić information content (AvgIpc) is 0.724. The molecular weight excluding hydrogens is 1370 g/mol. The van der Waals surface area contributed by atoms with Crippen molar-refractivity contribution in [2.45, 2.75) is 98.2 Å². The van der Waals surface area contributed by atoms with Gasteiger partial charge in [0.25, 0.3) is 30.1 Å². The Balaban J connectivity index is 1.45. The summed E-state index contributed by atoms with van der Waals surface area (Å²) in [5.41, 5.74) is -7.41. The van der Waals surface area contributed by atoms with E-state index in [-0.39, 0.29) is 20.6 Å². The fourth-order valence-corrected chi connectivity index (χ4v) is 16.6. The second-order valence-corrected chi connectivity index (χ2v) is 29.8. The molecule has 0 aliphatic heterocycles. The summed E-state index contributed by atoms with van der Waals surface area (Å²) in [6, 6.07) is 20.9. The number of nitrogens with one attached hydrogen (secondary N) is 1. The van der Waals surface area contributed by atoms with Gasteiger partial charge in [0.15, 0.2) is 0 Å². The molecule has 0 heterocycles. The number of hydrogen-bond acceptors (Lipinski definition) is 8. The summed E-state index contributed by atoms with van der Waals surface area (Å²) in [4.78, 5) is 19.5. The number of sulfonamides is 3. The maximum absolute atomic E-state index is 17.3. The lowest BCUT2D eigenvalue weighted by Gasteiger charge is -2.43. The van der Waals surface area contributed by atoms with Gasteiger partial charge in [-0.25, -0.2) is 70.2 Å². The van der Waals surface area contributed by atoms with Gasteiger partial charge in [0, 0.05) is 45.1 Å². The summed E-state index contributed by atoms with van der Waals surface area (Å²) < 4.78 is 242. The van der Waals surface area contributed by atoms with Crippen LogP contribution in [0.3, 0.4) is 0 Å². The van der Waals surface area contributed by atoms with E-state index in [9.17, 15) is 0 Å². The number of rotatable bonds is 22. The highest BCUT2D eigenvalue weighted by molar-refractivity contribution is 7.93. The van der Waals surface area contributed by atoms with Crippen LogP contribution in [0.25, 0.3) is 0 Å². The summed E-state index contributed by atoms with van der Waals surface area (Å²) in [7, 11) is -15.6. The number of carbonyl (C=O) groups excluding carboxylic acids is 1. The van der Waals surface area contributed by atoms with Gasteiger partial charge in [0.05, 0.1) is 55.5 Å². The second kappa shape index (κ2) is 27.9. The Morgan fingerprint density at radius 3 is 1.03 bits per heavy atom. The van der Waals surface area contributed by atoms with Crippen molar-refractivity contribution >= 4 is 87.8 Å². The number of anilines is 3. The predicted octanol–water partition coefficient (Wildman–Crippen LogP) is 17.5. The summed E-state index contributed by atoms with van der Waals surface area (Å²) >= 11 is 18.6. The molecule has 0 spiro atoms. The van der Waals surface area contributed by atoms with Crippen LogP contribution in [-0.4, -0.2) is 36.8 Å². The third-order valence-electron chi connectivity index (χ3n) is 15.5. The maximum atomic E-state index is 17.3. The number of hydroxylamine groups is 1. The molecule has 1 N–H and O–H groups in total. The highest BCUT2D eigenvalue weighted by atomic mass is 35.5. The Hall–Kier alpha value is -8.10. The van der Waals surface area contributed by atoms with Crippen LogP contribution in [0.4, 0.5) is 56.6 Å². The molecule has 0 saturated carbocycles. The van der Waals surface area contributed by atoms with Crippen LogP contribution in [-0.2, 0) is 51.5 Å². The van der Waals surface area contributed by atoms with E-state index in [1.165, 1.54) is 64.1 Å². The van der Waals surface area contributed by atoms with Gasteiger partial charge in [0.2, 0.25) is 5.91 Å². The average molecular weight is 1430 g/mol. The van der Waals surface area contributed by atoms with Crippen molar-refractivity contribution in [3.63, 3.8) is 0 Å². The molecule has 0 aliphatic carbocycles. The molecule has 27 heteroatoms. The molecule has 498 valence electrons. The van der Waals surface area contributed by atoms with Crippen molar-refractivity contribution in [2.75, 3.05) is 12.9 Å². The van der Waals surface area contributed by atoms with Gasteiger partial charge in [-0.2, -0.15) is 0 Å². The Labute approximate surface area is 558 Å². The molecular formula is C68H56Cl3F9N4O8S3. The topological polar surface area (TPSA) is 150 Å². The van der Waals surface area contributed by atoms with Gasteiger partial charge in [-0.1, -0.05) is 53.0 Å². The van der Waals surface area contributed by atoms with Crippen molar-refractivity contribution in [3.05, 3.63) is 283 Å². The molecule has 9 aromatic rings. The van der Waals surface area contributed by atoms with Crippen LogP contribution < -0.4 is 18.4 Å². The molecule has 95 heavy (non-hydrogen) atoms. The lowest BCUT2D eigenvalue weighted by atomic mass is 9.64. The van der Waals surface area contributed by atoms with Gasteiger partial charge in [-0.15, -0.1) is 0 Å². The molecule has 9 rings (SSSR count). The van der Waals surface area contributed by atoms with Crippen molar-refractivity contribution in [3.8, 4) is 0 Å². The van der Waals surface area contributed by atoms with Crippen LogP contribution in [0, 0.1) is 52.4 Å². The van der Waals surface area contributed by atoms with Gasteiger partial charge in [-0.05, 0) is 227 Å². The van der Waals surface area contributed by atoms with Crippen molar-refractivity contribution in [2.24, 2.45) is 0 Å². The van der Waals surface area contributed by atoms with E-state index in [2.05, 4.69) is 5.48 Å². The van der Waals surface area contributed by atoms with Crippen molar-refractivity contribution < 1.29 is 74.4 Å². The van der Waals surface area contributed by atoms with E-state index in [4.69, 9.17) is 39.6 Å². The zero-order valence-corrected chi connectivity index (χ0v) is 55.6. The lowest BCUT2D eigenvalue weighted by Crippen LogP contribution is -2.44. The molecule has 0 saturated heterocycles. The Bertz CT molecular complexity index is 4570. The fraction of sp³-hybridized carbons (Fsp3) is 0.191. The van der Waals surface area contributed by atoms with E-state index >= 15 is 69.6 Å². The molecule has 0 aliphatic rings. The smallest absolute Gasteiger partial charge is 0.264 e. The minimum Gasteiger partial charge on any atom is -0.273 e. The largest absolute Gasteiger partial charge is 0.273 e. The lowest BCUT2D eigenvalue weighted by molar-refractivity contribution is -0.146. The Morgan fingerprint density at radius 2 is 0.705 bits per heavy atom. The minimum atomic E-state index is -5.24. The highest BCUT2D eigenvalue weighted by Crippen LogP contribution is 2.51. The van der Waals surface area contributed by atoms with E-state index in [1.54, 1.807) is 0 Å². The fourth-order valence-electron chi connectivity index (χ4n) is 11.3. The standard InChI is InChI=1S/C68H56Cl3F9N4O8S3/c1-39(82(63-34-49(75)16-28-60(63)78)93(86,87)52-19-7-43(69)8-20-52)55-25-13-46(72)31-42(55)37-68(38-66(85)81-92-67(4,5)6,58-32-47(73)14-26-56(58)40(2)83(64-35-50(76)17-29-61(64)79)94(88,89)53-21-9-44(70)10-22-53)59-33-48(74)15-27-57(59)41(3)84(65-36-51(77)18-30-62(65)80)95(90,91)54-23-11-45(71)12-24-54/h7-36,39-41H,37-38H2,1-6H3,(H,81,85). The number of nitrogens with zero attached hydrogens (tertiary/aromatic N) is 3. The van der Waals surface area contributed by atoms with Crippen LogP contribution in [0.2, 0.25) is 15.1 Å². The first-order valence-corrected chi connectivity index (χ1v) is 34.1.